The molecule has 2 aromatic rings. The zero-order valence-corrected chi connectivity index (χ0v) is 13.3. The summed E-state index contributed by atoms with van der Waals surface area (Å²) in [7, 11) is 0. The van der Waals surface area contributed by atoms with Gasteiger partial charge in [0.15, 0.2) is 0 Å². The minimum Gasteiger partial charge on any atom is -0.337 e. The average Bonchev–Trinajstić information content (AvgIpc) is 2.64. The molecule has 0 aliphatic carbocycles. The molecule has 1 aliphatic heterocycles. The van der Waals surface area contributed by atoms with E-state index in [-0.39, 0.29) is 11.9 Å². The van der Waals surface area contributed by atoms with Crippen molar-refractivity contribution in [3.8, 4) is 0 Å². The molecule has 118 valence electrons. The van der Waals surface area contributed by atoms with Crippen molar-refractivity contribution in [1.29, 1.82) is 0 Å². The maximum Gasteiger partial charge on any atom is 0.246 e. The van der Waals surface area contributed by atoms with E-state index in [4.69, 9.17) is 0 Å². The molecule has 3 nitrogen and oxygen atoms in total. The summed E-state index contributed by atoms with van der Waals surface area (Å²) >= 11 is 0. The zero-order chi connectivity index (χ0) is 16.1. The molecule has 1 aliphatic rings. The minimum absolute atomic E-state index is 0.0284. The van der Waals surface area contributed by atoms with Gasteiger partial charge in [0, 0.05) is 26.2 Å². The molecule has 0 aromatic heterocycles. The van der Waals surface area contributed by atoms with Crippen LogP contribution in [0, 0.1) is 0 Å². The maximum atomic E-state index is 11.8. The second-order valence-electron chi connectivity index (χ2n) is 5.79. The number of benzene rings is 2. The van der Waals surface area contributed by atoms with Crippen molar-refractivity contribution in [2.75, 3.05) is 26.2 Å². The van der Waals surface area contributed by atoms with Gasteiger partial charge in [0.25, 0.3) is 0 Å². The first-order chi connectivity index (χ1) is 11.3. The van der Waals surface area contributed by atoms with Crippen LogP contribution in [0.4, 0.5) is 0 Å². The van der Waals surface area contributed by atoms with Crippen LogP contribution in [0.15, 0.2) is 73.3 Å². The van der Waals surface area contributed by atoms with E-state index in [0.29, 0.717) is 0 Å². The molecular formula is C20H22N2O. The fraction of sp³-hybridized carbons (Fsp3) is 0.250. The Labute approximate surface area is 137 Å². The number of nitrogens with zero attached hydrogens (tertiary/aromatic N) is 2. The molecule has 1 fully saturated rings. The summed E-state index contributed by atoms with van der Waals surface area (Å²) in [6.07, 6.45) is 1.40. The SMILES string of the molecule is C=CC(=O)N1CCN(C(c2ccccc2)c2ccccc2)CC1. The Morgan fingerprint density at radius 3 is 1.78 bits per heavy atom. The van der Waals surface area contributed by atoms with Crippen LogP contribution in [0.5, 0.6) is 0 Å². The maximum absolute atomic E-state index is 11.8. The zero-order valence-electron chi connectivity index (χ0n) is 13.3. The summed E-state index contributed by atoms with van der Waals surface area (Å²) in [5.74, 6) is 0.0284. The first-order valence-corrected chi connectivity index (χ1v) is 8.05. The largest absolute Gasteiger partial charge is 0.337 e. The number of hydrogen-bond donors (Lipinski definition) is 0. The summed E-state index contributed by atoms with van der Waals surface area (Å²) in [4.78, 5) is 16.1. The van der Waals surface area contributed by atoms with Gasteiger partial charge in [0.1, 0.15) is 0 Å². The number of piperazine rings is 1. The predicted octanol–water partition coefficient (Wildman–Crippen LogP) is 3.11. The number of carbonyl (C=O) groups excluding carboxylic acids is 1. The molecule has 0 N–H and O–H groups in total. The highest BCUT2D eigenvalue weighted by molar-refractivity contribution is 5.87. The van der Waals surface area contributed by atoms with Crippen molar-refractivity contribution in [2.24, 2.45) is 0 Å². The van der Waals surface area contributed by atoms with Gasteiger partial charge in [0.05, 0.1) is 6.04 Å². The molecule has 1 saturated heterocycles. The van der Waals surface area contributed by atoms with Crippen LogP contribution in [0.1, 0.15) is 17.2 Å². The van der Waals surface area contributed by atoms with Crippen LogP contribution in [0.3, 0.4) is 0 Å². The van der Waals surface area contributed by atoms with Gasteiger partial charge in [-0.1, -0.05) is 67.2 Å². The summed E-state index contributed by atoms with van der Waals surface area (Å²) in [5, 5.41) is 0. The Kier molecular flexibility index (Phi) is 4.89. The third-order valence-electron chi connectivity index (χ3n) is 4.40. The first-order valence-electron chi connectivity index (χ1n) is 8.05. The fourth-order valence-corrected chi connectivity index (χ4v) is 3.21. The predicted molar refractivity (Wildman–Crippen MR) is 93.1 cm³/mol. The standard InChI is InChI=1S/C20H22N2O/c1-2-19(23)21-13-15-22(16-14-21)20(17-9-5-3-6-10-17)18-11-7-4-8-12-18/h2-12,20H,1,13-16H2. The second kappa shape index (κ2) is 7.25. The van der Waals surface area contributed by atoms with E-state index in [2.05, 4.69) is 60.0 Å². The third kappa shape index (κ3) is 3.51. The van der Waals surface area contributed by atoms with Crippen molar-refractivity contribution in [1.82, 2.24) is 9.80 Å². The molecule has 23 heavy (non-hydrogen) atoms. The first kappa shape index (κ1) is 15.5. The highest BCUT2D eigenvalue weighted by Crippen LogP contribution is 2.29. The van der Waals surface area contributed by atoms with Crippen LogP contribution < -0.4 is 0 Å². The Hall–Kier alpha value is -2.39. The molecular weight excluding hydrogens is 284 g/mol. The molecule has 1 amide bonds. The molecule has 0 bridgehead atoms. The van der Waals surface area contributed by atoms with E-state index in [9.17, 15) is 4.79 Å². The lowest BCUT2D eigenvalue weighted by Crippen LogP contribution is -2.49. The third-order valence-corrected chi connectivity index (χ3v) is 4.40. The highest BCUT2D eigenvalue weighted by Gasteiger charge is 2.27. The molecule has 3 heteroatoms. The van der Waals surface area contributed by atoms with Gasteiger partial charge in [-0.15, -0.1) is 0 Å². The van der Waals surface area contributed by atoms with Crippen molar-refractivity contribution < 1.29 is 4.79 Å². The number of rotatable bonds is 4. The highest BCUT2D eigenvalue weighted by atomic mass is 16.2. The Morgan fingerprint density at radius 1 is 0.870 bits per heavy atom. The summed E-state index contributed by atoms with van der Waals surface area (Å²) in [6.45, 7) is 6.82. The van der Waals surface area contributed by atoms with Crippen molar-refractivity contribution in [3.05, 3.63) is 84.4 Å². The van der Waals surface area contributed by atoms with E-state index >= 15 is 0 Å². The van der Waals surface area contributed by atoms with E-state index < -0.39 is 0 Å². The minimum atomic E-state index is 0.0284. The molecule has 2 aromatic carbocycles. The smallest absolute Gasteiger partial charge is 0.246 e. The van der Waals surface area contributed by atoms with Gasteiger partial charge < -0.3 is 4.90 Å². The summed E-state index contributed by atoms with van der Waals surface area (Å²) in [5.41, 5.74) is 2.59. The Balaban J connectivity index is 1.83. The van der Waals surface area contributed by atoms with Gasteiger partial charge in [-0.05, 0) is 17.2 Å². The molecule has 0 radical (unpaired) electrons. The Bertz CT molecular complexity index is 606. The van der Waals surface area contributed by atoms with Crippen LogP contribution in [-0.4, -0.2) is 41.9 Å². The summed E-state index contributed by atoms with van der Waals surface area (Å²) in [6, 6.07) is 21.4. The van der Waals surface area contributed by atoms with Crippen molar-refractivity contribution in [3.63, 3.8) is 0 Å². The molecule has 0 saturated carbocycles. The molecule has 0 spiro atoms. The molecule has 1 heterocycles. The average molecular weight is 306 g/mol. The monoisotopic (exact) mass is 306 g/mol. The Morgan fingerprint density at radius 2 is 1.35 bits per heavy atom. The molecule has 0 atom stereocenters. The van der Waals surface area contributed by atoms with E-state index in [1.54, 1.807) is 0 Å². The lowest BCUT2D eigenvalue weighted by atomic mass is 9.96. The van der Waals surface area contributed by atoms with Crippen LogP contribution in [0.25, 0.3) is 0 Å². The lowest BCUT2D eigenvalue weighted by Gasteiger charge is -2.39. The number of hydrogen-bond acceptors (Lipinski definition) is 2. The van der Waals surface area contributed by atoms with Gasteiger partial charge >= 0.3 is 0 Å². The van der Waals surface area contributed by atoms with Gasteiger partial charge in [-0.25, -0.2) is 0 Å². The van der Waals surface area contributed by atoms with E-state index in [1.807, 2.05) is 17.0 Å². The fourth-order valence-electron chi connectivity index (χ4n) is 3.21. The van der Waals surface area contributed by atoms with Gasteiger partial charge in [0.2, 0.25) is 5.91 Å². The van der Waals surface area contributed by atoms with Gasteiger partial charge in [-0.2, -0.15) is 0 Å². The van der Waals surface area contributed by atoms with E-state index in [1.165, 1.54) is 17.2 Å². The van der Waals surface area contributed by atoms with Gasteiger partial charge in [-0.3, -0.25) is 9.69 Å². The molecule has 3 rings (SSSR count). The quantitative estimate of drug-likeness (QED) is 0.810. The second-order valence-corrected chi connectivity index (χ2v) is 5.79. The number of amides is 1. The van der Waals surface area contributed by atoms with E-state index in [0.717, 1.165) is 26.2 Å². The normalized spacial score (nSPS) is 15.6. The van der Waals surface area contributed by atoms with Crippen molar-refractivity contribution in [2.45, 2.75) is 6.04 Å². The topological polar surface area (TPSA) is 23.6 Å². The summed E-state index contributed by atoms with van der Waals surface area (Å²) < 4.78 is 0. The van der Waals surface area contributed by atoms with Crippen LogP contribution in [0.2, 0.25) is 0 Å². The van der Waals surface area contributed by atoms with Crippen LogP contribution >= 0.6 is 0 Å². The molecule has 0 unspecified atom stereocenters. The van der Waals surface area contributed by atoms with Crippen LogP contribution in [-0.2, 0) is 4.79 Å². The number of carbonyl (C=O) groups is 1. The lowest BCUT2D eigenvalue weighted by molar-refractivity contribution is -0.127. The van der Waals surface area contributed by atoms with Crippen molar-refractivity contribution >= 4 is 5.91 Å².